The molecule has 2 aliphatic carbocycles. The van der Waals surface area contributed by atoms with Crippen LogP contribution < -0.4 is 0 Å². The molecule has 0 bridgehead atoms. The van der Waals surface area contributed by atoms with Crippen LogP contribution >= 0.6 is 0 Å². The second-order valence-electron chi connectivity index (χ2n) is 4.04. The minimum atomic E-state index is -0.184. The molecule has 0 aromatic rings. The summed E-state index contributed by atoms with van der Waals surface area (Å²) >= 11 is 0. The molecule has 12 heavy (non-hydrogen) atoms. The molecule has 1 aliphatic heterocycles. The zero-order valence-corrected chi connectivity index (χ0v) is 7.21. The van der Waals surface area contributed by atoms with Gasteiger partial charge in [-0.05, 0) is 18.8 Å². The maximum Gasteiger partial charge on any atom is 0.172 e. The van der Waals surface area contributed by atoms with Gasteiger partial charge in [0.1, 0.15) is 0 Å². The standard InChI is InChI=1S/C10H14O2/c1-2-8-6-10(7-9(8)3-1)11-4-5-12-10/h2,9H,1,3-7H2/t9-/m1/s1. The molecule has 1 spiro atoms. The summed E-state index contributed by atoms with van der Waals surface area (Å²) in [6.45, 7) is 1.58. The molecule has 0 unspecified atom stereocenters. The molecule has 1 saturated heterocycles. The van der Waals surface area contributed by atoms with Gasteiger partial charge in [0, 0.05) is 12.8 Å². The SMILES string of the molecule is C1=C2CC3(C[C@H]2CC1)OCCO3. The van der Waals surface area contributed by atoms with Crippen molar-refractivity contribution in [2.24, 2.45) is 5.92 Å². The van der Waals surface area contributed by atoms with E-state index in [1.54, 1.807) is 5.57 Å². The van der Waals surface area contributed by atoms with Crippen molar-refractivity contribution in [3.63, 3.8) is 0 Å². The van der Waals surface area contributed by atoms with Crippen LogP contribution in [0.1, 0.15) is 25.7 Å². The van der Waals surface area contributed by atoms with Crippen LogP contribution in [-0.2, 0) is 9.47 Å². The zero-order valence-electron chi connectivity index (χ0n) is 7.21. The Morgan fingerprint density at radius 1 is 1.33 bits per heavy atom. The van der Waals surface area contributed by atoms with E-state index in [0.717, 1.165) is 32.0 Å². The first-order valence-corrected chi connectivity index (χ1v) is 4.85. The van der Waals surface area contributed by atoms with Gasteiger partial charge in [-0.1, -0.05) is 11.6 Å². The quantitative estimate of drug-likeness (QED) is 0.511. The van der Waals surface area contributed by atoms with Crippen LogP contribution in [0, 0.1) is 5.92 Å². The Labute approximate surface area is 72.5 Å². The van der Waals surface area contributed by atoms with E-state index in [-0.39, 0.29) is 5.79 Å². The van der Waals surface area contributed by atoms with Crippen molar-refractivity contribution >= 4 is 0 Å². The molecule has 0 amide bonds. The zero-order chi connectivity index (χ0) is 8.02. The number of allylic oxidation sites excluding steroid dienone is 1. The highest BCUT2D eigenvalue weighted by atomic mass is 16.7. The van der Waals surface area contributed by atoms with Gasteiger partial charge in [-0.2, -0.15) is 0 Å². The third-order valence-corrected chi connectivity index (χ3v) is 3.29. The summed E-state index contributed by atoms with van der Waals surface area (Å²) in [4.78, 5) is 0. The third kappa shape index (κ3) is 0.882. The van der Waals surface area contributed by atoms with Gasteiger partial charge in [0.2, 0.25) is 0 Å². The fourth-order valence-electron chi connectivity index (χ4n) is 2.75. The van der Waals surface area contributed by atoms with Crippen molar-refractivity contribution in [1.29, 1.82) is 0 Å². The fraction of sp³-hybridized carbons (Fsp3) is 0.800. The van der Waals surface area contributed by atoms with Gasteiger partial charge in [0.25, 0.3) is 0 Å². The van der Waals surface area contributed by atoms with E-state index < -0.39 is 0 Å². The minimum absolute atomic E-state index is 0.184. The van der Waals surface area contributed by atoms with Crippen LogP contribution in [0.15, 0.2) is 11.6 Å². The highest BCUT2D eigenvalue weighted by Crippen LogP contribution is 2.48. The van der Waals surface area contributed by atoms with Crippen molar-refractivity contribution in [2.75, 3.05) is 13.2 Å². The lowest BCUT2D eigenvalue weighted by atomic mass is 10.1. The summed E-state index contributed by atoms with van der Waals surface area (Å²) in [6.07, 6.45) is 7.13. The molecule has 3 rings (SSSR count). The van der Waals surface area contributed by atoms with Gasteiger partial charge in [-0.15, -0.1) is 0 Å². The molecule has 0 radical (unpaired) electrons. The lowest BCUT2D eigenvalue weighted by Gasteiger charge is -2.21. The molecule has 2 nitrogen and oxygen atoms in total. The van der Waals surface area contributed by atoms with Gasteiger partial charge >= 0.3 is 0 Å². The second-order valence-corrected chi connectivity index (χ2v) is 4.04. The lowest BCUT2D eigenvalue weighted by Crippen LogP contribution is -2.26. The van der Waals surface area contributed by atoms with E-state index >= 15 is 0 Å². The first-order valence-electron chi connectivity index (χ1n) is 4.85. The Balaban J connectivity index is 1.85. The topological polar surface area (TPSA) is 18.5 Å². The van der Waals surface area contributed by atoms with Crippen LogP contribution in [0.4, 0.5) is 0 Å². The van der Waals surface area contributed by atoms with Crippen molar-refractivity contribution in [1.82, 2.24) is 0 Å². The smallest absolute Gasteiger partial charge is 0.172 e. The molecule has 2 heteroatoms. The van der Waals surface area contributed by atoms with E-state index in [2.05, 4.69) is 6.08 Å². The van der Waals surface area contributed by atoms with Crippen molar-refractivity contribution in [2.45, 2.75) is 31.5 Å². The minimum Gasteiger partial charge on any atom is -0.347 e. The molecule has 0 N–H and O–H groups in total. The highest BCUT2D eigenvalue weighted by Gasteiger charge is 2.47. The van der Waals surface area contributed by atoms with Crippen LogP contribution in [0.5, 0.6) is 0 Å². The fourth-order valence-corrected chi connectivity index (χ4v) is 2.75. The monoisotopic (exact) mass is 166 g/mol. The van der Waals surface area contributed by atoms with E-state index in [1.165, 1.54) is 12.8 Å². The van der Waals surface area contributed by atoms with Crippen LogP contribution in [-0.4, -0.2) is 19.0 Å². The average molecular weight is 166 g/mol. The molecule has 66 valence electrons. The van der Waals surface area contributed by atoms with Crippen LogP contribution in [0.2, 0.25) is 0 Å². The number of hydrogen-bond donors (Lipinski definition) is 0. The van der Waals surface area contributed by atoms with E-state index in [0.29, 0.717) is 0 Å². The van der Waals surface area contributed by atoms with Gasteiger partial charge < -0.3 is 9.47 Å². The summed E-state index contributed by atoms with van der Waals surface area (Å²) in [5, 5.41) is 0. The third-order valence-electron chi connectivity index (χ3n) is 3.29. The molecule has 1 saturated carbocycles. The first-order chi connectivity index (χ1) is 5.88. The highest BCUT2D eigenvalue weighted by molar-refractivity contribution is 5.21. The van der Waals surface area contributed by atoms with Crippen molar-refractivity contribution in [3.05, 3.63) is 11.6 Å². The average Bonchev–Trinajstić information content (AvgIpc) is 2.66. The summed E-state index contributed by atoms with van der Waals surface area (Å²) in [5.41, 5.74) is 1.59. The van der Waals surface area contributed by atoms with Crippen molar-refractivity contribution < 1.29 is 9.47 Å². The summed E-state index contributed by atoms with van der Waals surface area (Å²) in [7, 11) is 0. The molecule has 1 atom stereocenters. The largest absolute Gasteiger partial charge is 0.347 e. The number of fused-ring (bicyclic) bond motifs is 1. The number of hydrogen-bond acceptors (Lipinski definition) is 2. The molecule has 2 fully saturated rings. The Morgan fingerprint density at radius 2 is 2.17 bits per heavy atom. The molecular weight excluding hydrogens is 152 g/mol. The van der Waals surface area contributed by atoms with E-state index in [9.17, 15) is 0 Å². The van der Waals surface area contributed by atoms with Gasteiger partial charge in [0.15, 0.2) is 5.79 Å². The maximum absolute atomic E-state index is 5.67. The summed E-state index contributed by atoms with van der Waals surface area (Å²) in [5.74, 6) is 0.597. The molecule has 3 aliphatic rings. The van der Waals surface area contributed by atoms with Crippen molar-refractivity contribution in [3.8, 4) is 0 Å². The summed E-state index contributed by atoms with van der Waals surface area (Å²) < 4.78 is 11.3. The molecule has 0 aromatic heterocycles. The predicted molar refractivity (Wildman–Crippen MR) is 44.7 cm³/mol. The summed E-state index contributed by atoms with van der Waals surface area (Å²) in [6, 6.07) is 0. The van der Waals surface area contributed by atoms with Gasteiger partial charge in [-0.3, -0.25) is 0 Å². The Bertz CT molecular complexity index is 226. The van der Waals surface area contributed by atoms with Gasteiger partial charge in [-0.25, -0.2) is 0 Å². The molecule has 1 heterocycles. The maximum atomic E-state index is 5.67. The Morgan fingerprint density at radius 3 is 2.92 bits per heavy atom. The predicted octanol–water partition coefficient (Wildman–Crippen LogP) is 1.86. The second kappa shape index (κ2) is 2.33. The molecule has 0 aromatic carbocycles. The number of rotatable bonds is 0. The van der Waals surface area contributed by atoms with E-state index in [4.69, 9.17) is 9.47 Å². The van der Waals surface area contributed by atoms with Crippen LogP contribution in [0.3, 0.4) is 0 Å². The first kappa shape index (κ1) is 7.10. The Kier molecular flexibility index (Phi) is 1.38. The molecular formula is C10H14O2. The van der Waals surface area contributed by atoms with E-state index in [1.807, 2.05) is 0 Å². The number of ether oxygens (including phenoxy) is 2. The Hall–Kier alpha value is -0.340. The lowest BCUT2D eigenvalue weighted by molar-refractivity contribution is -0.151. The van der Waals surface area contributed by atoms with Crippen LogP contribution in [0.25, 0.3) is 0 Å². The normalized spacial score (nSPS) is 37.3. The van der Waals surface area contributed by atoms with Gasteiger partial charge in [0.05, 0.1) is 13.2 Å².